The molecule has 2 N–H and O–H groups in total. The molecule has 1 aliphatic heterocycles. The van der Waals surface area contributed by atoms with Gasteiger partial charge in [-0.05, 0) is 25.8 Å². The number of carbonyl (C=O) groups is 1. The average Bonchev–Trinajstić information content (AvgIpc) is 3.22. The topological polar surface area (TPSA) is 76.1 Å². The summed E-state index contributed by atoms with van der Waals surface area (Å²) in [4.78, 5) is 25.2. The van der Waals surface area contributed by atoms with Gasteiger partial charge in [0.2, 0.25) is 5.91 Å². The molecular formula is C19H23N3O3S. The van der Waals surface area contributed by atoms with E-state index in [4.69, 9.17) is 4.74 Å². The van der Waals surface area contributed by atoms with Gasteiger partial charge in [0.25, 0.3) is 5.56 Å². The van der Waals surface area contributed by atoms with Gasteiger partial charge in [0, 0.05) is 5.56 Å². The van der Waals surface area contributed by atoms with Crippen LogP contribution in [0.5, 0.6) is 5.75 Å². The lowest BCUT2D eigenvalue weighted by Crippen LogP contribution is -2.18. The summed E-state index contributed by atoms with van der Waals surface area (Å²) in [6.45, 7) is 2.49. The lowest BCUT2D eigenvalue weighted by atomic mass is 10.0. The summed E-state index contributed by atoms with van der Waals surface area (Å²) in [6, 6.07) is 8.02. The number of benzene rings is 1. The Morgan fingerprint density at radius 3 is 2.77 bits per heavy atom. The number of aromatic amines is 1. The van der Waals surface area contributed by atoms with Crippen molar-refractivity contribution >= 4 is 23.5 Å². The number of amides is 1. The lowest BCUT2D eigenvalue weighted by Gasteiger charge is -2.18. The minimum Gasteiger partial charge on any atom is -0.494 e. The van der Waals surface area contributed by atoms with E-state index >= 15 is 0 Å². The van der Waals surface area contributed by atoms with Gasteiger partial charge in [0.05, 0.1) is 29.2 Å². The van der Waals surface area contributed by atoms with Crippen LogP contribution in [0.2, 0.25) is 0 Å². The molecule has 2 heterocycles. The minimum atomic E-state index is -0.238. The molecule has 6 nitrogen and oxygen atoms in total. The second-order valence-electron chi connectivity index (χ2n) is 6.72. The number of aromatic nitrogens is 2. The first-order valence-electron chi connectivity index (χ1n) is 9.16. The standard InChI is InChI=1S/C19H23N3O3S/c1-2-25-14-10-6-5-9-13(14)17-16-18(20-15(23)11-26-17)22(21-19(16)24)12-7-3-4-8-12/h5-6,9-10,12,17H,2-4,7-8,11H2,1H3,(H,20,23)(H,21,24)/t17-/m0/s1. The number of nitrogens with zero attached hydrogens (tertiary/aromatic N) is 1. The molecule has 0 spiro atoms. The number of hydrogen-bond acceptors (Lipinski definition) is 4. The average molecular weight is 373 g/mol. The SMILES string of the molecule is CCOc1ccccc1[C@@H]1SCC(=O)Nc2c1c(=O)[nH]n2C1CCCC1. The fourth-order valence-corrected chi connectivity index (χ4v) is 5.06. The van der Waals surface area contributed by atoms with Crippen molar-refractivity contribution in [2.24, 2.45) is 0 Å². The molecule has 1 aromatic carbocycles. The monoisotopic (exact) mass is 373 g/mol. The van der Waals surface area contributed by atoms with E-state index in [-0.39, 0.29) is 22.8 Å². The van der Waals surface area contributed by atoms with Crippen LogP contribution in [0, 0.1) is 0 Å². The molecule has 1 amide bonds. The quantitative estimate of drug-likeness (QED) is 0.860. The molecule has 7 heteroatoms. The lowest BCUT2D eigenvalue weighted by molar-refractivity contribution is -0.113. The van der Waals surface area contributed by atoms with Crippen molar-refractivity contribution < 1.29 is 9.53 Å². The molecule has 1 atom stereocenters. The van der Waals surface area contributed by atoms with E-state index in [1.807, 2.05) is 35.9 Å². The minimum absolute atomic E-state index is 0.0709. The summed E-state index contributed by atoms with van der Waals surface area (Å²) in [5, 5.41) is 5.72. The molecule has 138 valence electrons. The Morgan fingerprint density at radius 2 is 2.00 bits per heavy atom. The molecule has 2 aliphatic rings. The van der Waals surface area contributed by atoms with Gasteiger partial charge in [-0.15, -0.1) is 11.8 Å². The van der Waals surface area contributed by atoms with Crippen LogP contribution in [0.1, 0.15) is 55.0 Å². The predicted molar refractivity (Wildman–Crippen MR) is 103 cm³/mol. The zero-order valence-corrected chi connectivity index (χ0v) is 15.6. The van der Waals surface area contributed by atoms with Gasteiger partial charge in [-0.1, -0.05) is 31.0 Å². The summed E-state index contributed by atoms with van der Waals surface area (Å²) >= 11 is 1.47. The maximum atomic E-state index is 12.9. The Labute approximate surface area is 156 Å². The second kappa shape index (κ2) is 7.23. The highest BCUT2D eigenvalue weighted by atomic mass is 32.2. The highest BCUT2D eigenvalue weighted by Crippen LogP contribution is 2.44. The Hall–Kier alpha value is -2.15. The van der Waals surface area contributed by atoms with Gasteiger partial charge in [-0.25, -0.2) is 0 Å². The van der Waals surface area contributed by atoms with Gasteiger partial charge < -0.3 is 10.1 Å². The largest absolute Gasteiger partial charge is 0.494 e. The molecule has 1 aliphatic carbocycles. The van der Waals surface area contributed by atoms with E-state index in [1.165, 1.54) is 11.8 Å². The van der Waals surface area contributed by atoms with Gasteiger partial charge >= 0.3 is 0 Å². The zero-order chi connectivity index (χ0) is 18.1. The summed E-state index contributed by atoms with van der Waals surface area (Å²) in [6.07, 6.45) is 4.36. The predicted octanol–water partition coefficient (Wildman–Crippen LogP) is 3.46. The second-order valence-corrected chi connectivity index (χ2v) is 7.81. The summed E-state index contributed by atoms with van der Waals surface area (Å²) < 4.78 is 7.68. The van der Waals surface area contributed by atoms with Crippen LogP contribution in [0.15, 0.2) is 29.1 Å². The molecule has 0 unspecified atom stereocenters. The van der Waals surface area contributed by atoms with Crippen molar-refractivity contribution in [1.29, 1.82) is 0 Å². The van der Waals surface area contributed by atoms with E-state index in [0.717, 1.165) is 37.0 Å². The third kappa shape index (κ3) is 3.05. The fraction of sp³-hybridized carbons (Fsp3) is 0.474. The molecule has 4 rings (SSSR count). The molecule has 2 aromatic rings. The molecule has 0 bridgehead atoms. The first kappa shape index (κ1) is 17.3. The third-order valence-corrected chi connectivity index (χ3v) is 6.31. The number of carbonyl (C=O) groups excluding carboxylic acids is 1. The van der Waals surface area contributed by atoms with E-state index < -0.39 is 0 Å². The van der Waals surface area contributed by atoms with Crippen LogP contribution in [0.25, 0.3) is 0 Å². The number of rotatable bonds is 4. The van der Waals surface area contributed by atoms with Crippen molar-refractivity contribution in [2.75, 3.05) is 17.7 Å². The van der Waals surface area contributed by atoms with Gasteiger partial charge in [-0.2, -0.15) is 0 Å². The van der Waals surface area contributed by atoms with Crippen molar-refractivity contribution in [1.82, 2.24) is 9.78 Å². The number of hydrogen-bond donors (Lipinski definition) is 2. The van der Waals surface area contributed by atoms with Gasteiger partial charge in [-0.3, -0.25) is 19.4 Å². The Bertz CT molecular complexity index is 867. The molecule has 1 aromatic heterocycles. The first-order chi connectivity index (χ1) is 12.7. The van der Waals surface area contributed by atoms with Crippen LogP contribution in [0.3, 0.4) is 0 Å². The number of H-pyrrole nitrogens is 1. The third-order valence-electron chi connectivity index (χ3n) is 5.05. The van der Waals surface area contributed by atoms with E-state index in [9.17, 15) is 9.59 Å². The van der Waals surface area contributed by atoms with Crippen molar-refractivity contribution in [3.05, 3.63) is 45.7 Å². The molecule has 26 heavy (non-hydrogen) atoms. The highest BCUT2D eigenvalue weighted by molar-refractivity contribution is 8.00. The molecule has 1 saturated carbocycles. The van der Waals surface area contributed by atoms with E-state index in [1.54, 1.807) is 0 Å². The number of para-hydroxylation sites is 1. The van der Waals surface area contributed by atoms with Crippen molar-refractivity contribution in [2.45, 2.75) is 43.9 Å². The zero-order valence-electron chi connectivity index (χ0n) is 14.8. The summed E-state index contributed by atoms with van der Waals surface area (Å²) in [5.74, 6) is 1.64. The Kier molecular flexibility index (Phi) is 4.80. The number of fused-ring (bicyclic) bond motifs is 1. The molecule has 0 saturated heterocycles. The molecule has 0 radical (unpaired) electrons. The number of thioether (sulfide) groups is 1. The summed E-state index contributed by atoms with van der Waals surface area (Å²) in [5.41, 5.74) is 1.43. The first-order valence-corrected chi connectivity index (χ1v) is 10.2. The molecular weight excluding hydrogens is 350 g/mol. The number of ether oxygens (including phenoxy) is 1. The van der Waals surface area contributed by atoms with Gasteiger partial charge in [0.1, 0.15) is 11.6 Å². The smallest absolute Gasteiger partial charge is 0.270 e. The van der Waals surface area contributed by atoms with Crippen molar-refractivity contribution in [3.8, 4) is 5.75 Å². The summed E-state index contributed by atoms with van der Waals surface area (Å²) in [7, 11) is 0. The van der Waals surface area contributed by atoms with Crippen molar-refractivity contribution in [3.63, 3.8) is 0 Å². The Balaban J connectivity index is 1.84. The van der Waals surface area contributed by atoms with E-state index in [0.29, 0.717) is 23.7 Å². The maximum Gasteiger partial charge on any atom is 0.270 e. The number of nitrogens with one attached hydrogen (secondary N) is 2. The fourth-order valence-electron chi connectivity index (χ4n) is 3.91. The van der Waals surface area contributed by atoms with Gasteiger partial charge in [0.15, 0.2) is 0 Å². The molecule has 1 fully saturated rings. The van der Waals surface area contributed by atoms with Crippen LogP contribution in [0.4, 0.5) is 5.82 Å². The van der Waals surface area contributed by atoms with Crippen LogP contribution in [-0.4, -0.2) is 28.0 Å². The normalized spacial score (nSPS) is 20.5. The number of anilines is 1. The highest BCUT2D eigenvalue weighted by Gasteiger charge is 2.34. The van der Waals surface area contributed by atoms with E-state index in [2.05, 4.69) is 10.4 Å². The maximum absolute atomic E-state index is 12.9. The van der Waals surface area contributed by atoms with Crippen LogP contribution in [-0.2, 0) is 4.79 Å². The van der Waals surface area contributed by atoms with Crippen LogP contribution < -0.4 is 15.6 Å². The van der Waals surface area contributed by atoms with Crippen LogP contribution >= 0.6 is 11.8 Å². The Morgan fingerprint density at radius 1 is 1.23 bits per heavy atom.